The van der Waals surface area contributed by atoms with Crippen LogP contribution in [0, 0.1) is 0 Å². The Bertz CT molecular complexity index is 802. The summed E-state index contributed by atoms with van der Waals surface area (Å²) in [7, 11) is 1.71. The van der Waals surface area contributed by atoms with Gasteiger partial charge < -0.3 is 9.84 Å². The molecule has 0 saturated carbocycles. The molecule has 2 aromatic rings. The van der Waals surface area contributed by atoms with E-state index in [0.717, 1.165) is 48.1 Å². The van der Waals surface area contributed by atoms with Crippen molar-refractivity contribution in [2.45, 2.75) is 65.2 Å². The Morgan fingerprint density at radius 2 is 1.52 bits per heavy atom. The third-order valence-corrected chi connectivity index (χ3v) is 5.13. The molecule has 2 nitrogen and oxygen atoms in total. The van der Waals surface area contributed by atoms with Gasteiger partial charge in [-0.2, -0.15) is 0 Å². The highest BCUT2D eigenvalue weighted by atomic mass is 16.5. The highest BCUT2D eigenvalue weighted by Gasteiger charge is 2.09. The quantitative estimate of drug-likeness (QED) is 0.297. The van der Waals surface area contributed by atoms with Gasteiger partial charge in [-0.05, 0) is 66.6 Å². The summed E-state index contributed by atoms with van der Waals surface area (Å²) in [5.41, 5.74) is 4.25. The molecule has 0 amide bonds. The smallest absolute Gasteiger partial charge is 0.123 e. The van der Waals surface area contributed by atoms with E-state index in [1.54, 1.807) is 13.2 Å². The Hall–Kier alpha value is -2.48. The summed E-state index contributed by atoms with van der Waals surface area (Å²) in [6.07, 6.45) is 17.8. The molecule has 0 heterocycles. The lowest BCUT2D eigenvalue weighted by Gasteiger charge is -2.12. The van der Waals surface area contributed by atoms with Crippen molar-refractivity contribution in [2.24, 2.45) is 0 Å². The topological polar surface area (TPSA) is 29.5 Å². The lowest BCUT2D eigenvalue weighted by atomic mass is 9.97. The fourth-order valence-electron chi connectivity index (χ4n) is 3.36. The fourth-order valence-corrected chi connectivity index (χ4v) is 3.36. The van der Waals surface area contributed by atoms with Gasteiger partial charge in [-0.1, -0.05) is 76.0 Å². The third-order valence-electron chi connectivity index (χ3n) is 5.13. The van der Waals surface area contributed by atoms with Crippen LogP contribution in [-0.2, 0) is 12.8 Å². The zero-order valence-electron chi connectivity index (χ0n) is 18.3. The van der Waals surface area contributed by atoms with Crippen LogP contribution in [0.25, 0.3) is 11.1 Å². The van der Waals surface area contributed by atoms with E-state index in [0.29, 0.717) is 5.75 Å². The van der Waals surface area contributed by atoms with Crippen molar-refractivity contribution in [1.82, 2.24) is 0 Å². The minimum Gasteiger partial charge on any atom is -0.507 e. The van der Waals surface area contributed by atoms with Crippen molar-refractivity contribution in [3.63, 3.8) is 0 Å². The third kappa shape index (κ3) is 7.45. The van der Waals surface area contributed by atoms with Crippen molar-refractivity contribution < 1.29 is 9.84 Å². The van der Waals surface area contributed by atoms with E-state index in [-0.39, 0.29) is 0 Å². The summed E-state index contributed by atoms with van der Waals surface area (Å²) in [6.45, 7) is 4.42. The first kappa shape index (κ1) is 22.8. The Morgan fingerprint density at radius 3 is 2.17 bits per heavy atom. The van der Waals surface area contributed by atoms with E-state index < -0.39 is 0 Å². The molecule has 0 radical (unpaired) electrons. The number of methoxy groups -OCH3 is 1. The summed E-state index contributed by atoms with van der Waals surface area (Å²) < 4.78 is 5.55. The SMILES string of the molecule is CCCC/C=C/Cc1ccc(O)c(-c2ccc(OC)c(C/C=C/CCCC)c2)c1. The molecule has 2 aromatic carbocycles. The van der Waals surface area contributed by atoms with Gasteiger partial charge in [0.15, 0.2) is 0 Å². The summed E-state index contributed by atoms with van der Waals surface area (Å²) in [6, 6.07) is 12.1. The van der Waals surface area contributed by atoms with Crippen molar-refractivity contribution in [1.29, 1.82) is 0 Å². The van der Waals surface area contributed by atoms with Gasteiger partial charge in [0.25, 0.3) is 0 Å². The number of allylic oxidation sites excluding steroid dienone is 4. The Morgan fingerprint density at radius 1 is 0.828 bits per heavy atom. The maximum atomic E-state index is 10.5. The van der Waals surface area contributed by atoms with Crippen molar-refractivity contribution in [2.75, 3.05) is 7.11 Å². The van der Waals surface area contributed by atoms with Gasteiger partial charge in [-0.15, -0.1) is 0 Å². The van der Waals surface area contributed by atoms with E-state index in [4.69, 9.17) is 4.74 Å². The average Bonchev–Trinajstić information content (AvgIpc) is 2.74. The first-order valence-corrected chi connectivity index (χ1v) is 11.0. The number of hydrogen-bond acceptors (Lipinski definition) is 2. The summed E-state index contributed by atoms with van der Waals surface area (Å²) >= 11 is 0. The van der Waals surface area contributed by atoms with Crippen LogP contribution >= 0.6 is 0 Å². The van der Waals surface area contributed by atoms with Crippen LogP contribution in [0.5, 0.6) is 11.5 Å². The Kier molecular flexibility index (Phi) is 10.1. The molecule has 29 heavy (non-hydrogen) atoms. The van der Waals surface area contributed by atoms with Crippen molar-refractivity contribution in [3.05, 3.63) is 71.8 Å². The standard InChI is InChI=1S/C27H36O2/c1-4-6-8-10-12-14-22-16-18-26(28)25(20-22)23-17-19-27(29-3)24(21-23)15-13-11-9-7-5-2/h10-13,16-21,28H,4-9,14-15H2,1-3H3/b12-10+,13-11+. The molecule has 0 saturated heterocycles. The van der Waals surface area contributed by atoms with Crippen molar-refractivity contribution >= 4 is 0 Å². The normalized spacial score (nSPS) is 11.6. The van der Waals surface area contributed by atoms with E-state index in [9.17, 15) is 5.11 Å². The number of rotatable bonds is 12. The first-order chi connectivity index (χ1) is 14.2. The fraction of sp³-hybridized carbons (Fsp3) is 0.407. The van der Waals surface area contributed by atoms with Gasteiger partial charge in [-0.25, -0.2) is 0 Å². The second-order valence-corrected chi connectivity index (χ2v) is 7.51. The highest BCUT2D eigenvalue weighted by molar-refractivity contribution is 5.72. The second-order valence-electron chi connectivity index (χ2n) is 7.51. The molecule has 0 spiro atoms. The van der Waals surface area contributed by atoms with Gasteiger partial charge in [0, 0.05) is 5.56 Å². The van der Waals surface area contributed by atoms with Crippen LogP contribution in [0.2, 0.25) is 0 Å². The number of phenols is 1. The number of phenolic OH excluding ortho intramolecular Hbond substituents is 1. The van der Waals surface area contributed by atoms with Crippen LogP contribution in [0.15, 0.2) is 60.7 Å². The molecule has 2 rings (SSSR count). The molecule has 1 N–H and O–H groups in total. The number of unbranched alkanes of at least 4 members (excludes halogenated alkanes) is 4. The summed E-state index contributed by atoms with van der Waals surface area (Å²) in [5, 5.41) is 10.5. The molecule has 0 atom stereocenters. The Labute approximate surface area is 176 Å². The van der Waals surface area contributed by atoms with E-state index >= 15 is 0 Å². The van der Waals surface area contributed by atoms with Gasteiger partial charge in [0.2, 0.25) is 0 Å². The molecule has 0 bridgehead atoms. The number of benzene rings is 2. The molecule has 0 fully saturated rings. The summed E-state index contributed by atoms with van der Waals surface area (Å²) in [4.78, 5) is 0. The monoisotopic (exact) mass is 392 g/mol. The van der Waals surface area contributed by atoms with Gasteiger partial charge in [0.05, 0.1) is 7.11 Å². The lowest BCUT2D eigenvalue weighted by molar-refractivity contribution is 0.411. The molecule has 0 aliphatic heterocycles. The highest BCUT2D eigenvalue weighted by Crippen LogP contribution is 2.33. The maximum absolute atomic E-state index is 10.5. The van der Waals surface area contributed by atoms with Crippen LogP contribution in [0.4, 0.5) is 0 Å². The minimum atomic E-state index is 0.318. The molecular formula is C27H36O2. The number of hydrogen-bond donors (Lipinski definition) is 1. The minimum absolute atomic E-state index is 0.318. The largest absolute Gasteiger partial charge is 0.507 e. The summed E-state index contributed by atoms with van der Waals surface area (Å²) in [5.74, 6) is 1.21. The van der Waals surface area contributed by atoms with E-state index in [1.165, 1.54) is 31.2 Å². The zero-order chi connectivity index (χ0) is 20.9. The molecule has 2 heteroatoms. The first-order valence-electron chi connectivity index (χ1n) is 11.0. The molecule has 156 valence electrons. The Balaban J connectivity index is 2.19. The van der Waals surface area contributed by atoms with Crippen LogP contribution in [0.3, 0.4) is 0 Å². The second kappa shape index (κ2) is 12.9. The van der Waals surface area contributed by atoms with Gasteiger partial charge in [-0.3, -0.25) is 0 Å². The number of aromatic hydroxyl groups is 1. The lowest BCUT2D eigenvalue weighted by Crippen LogP contribution is -1.93. The predicted molar refractivity (Wildman–Crippen MR) is 125 cm³/mol. The number of ether oxygens (including phenoxy) is 1. The predicted octanol–water partition coefficient (Wildman–Crippen LogP) is 7.65. The van der Waals surface area contributed by atoms with Gasteiger partial charge in [0.1, 0.15) is 11.5 Å². The molecule has 0 unspecified atom stereocenters. The molecule has 0 aromatic heterocycles. The molecule has 0 aliphatic rings. The van der Waals surface area contributed by atoms with Crippen molar-refractivity contribution in [3.8, 4) is 22.6 Å². The molecule has 0 aliphatic carbocycles. The van der Waals surface area contributed by atoms with Crippen LogP contribution in [0.1, 0.15) is 63.5 Å². The van der Waals surface area contributed by atoms with Crippen LogP contribution in [-0.4, -0.2) is 12.2 Å². The van der Waals surface area contributed by atoms with E-state index in [2.05, 4.69) is 50.3 Å². The average molecular weight is 393 g/mol. The van der Waals surface area contributed by atoms with E-state index in [1.807, 2.05) is 18.2 Å². The molecular weight excluding hydrogens is 356 g/mol. The zero-order valence-corrected chi connectivity index (χ0v) is 18.3. The van der Waals surface area contributed by atoms with Gasteiger partial charge >= 0.3 is 0 Å². The van der Waals surface area contributed by atoms with Crippen LogP contribution < -0.4 is 4.74 Å². The maximum Gasteiger partial charge on any atom is 0.123 e.